The second kappa shape index (κ2) is 9.59. The molecule has 0 radical (unpaired) electrons. The Morgan fingerprint density at radius 1 is 1.30 bits per heavy atom. The van der Waals surface area contributed by atoms with Crippen LogP contribution in [0.15, 0.2) is 35.5 Å². The van der Waals surface area contributed by atoms with Crippen molar-refractivity contribution in [1.82, 2.24) is 10.2 Å². The number of allylic oxidation sites excluding steroid dienone is 1. The molecule has 8 heteroatoms. The number of urea groups is 1. The minimum absolute atomic E-state index is 0.0545. The molecule has 1 atom stereocenters. The minimum Gasteiger partial charge on any atom is -0.479 e. The largest absolute Gasteiger partial charge is 0.479 e. The van der Waals surface area contributed by atoms with Gasteiger partial charge >= 0.3 is 12.0 Å². The van der Waals surface area contributed by atoms with E-state index in [1.54, 1.807) is 31.2 Å². The fraction of sp³-hybridized carbons (Fsp3) is 0.421. The van der Waals surface area contributed by atoms with Crippen molar-refractivity contribution < 1.29 is 23.8 Å². The lowest BCUT2D eigenvalue weighted by atomic mass is 9.95. The molecule has 8 nitrogen and oxygen atoms in total. The van der Waals surface area contributed by atoms with E-state index in [1.165, 1.54) is 12.0 Å². The van der Waals surface area contributed by atoms with Crippen LogP contribution in [0.1, 0.15) is 25.5 Å². The van der Waals surface area contributed by atoms with Crippen LogP contribution >= 0.6 is 0 Å². The zero-order valence-electron chi connectivity index (χ0n) is 15.7. The van der Waals surface area contributed by atoms with E-state index in [-0.39, 0.29) is 25.9 Å². The molecule has 1 N–H and O–H groups in total. The fourth-order valence-corrected chi connectivity index (χ4v) is 2.84. The first-order valence-corrected chi connectivity index (χ1v) is 8.58. The van der Waals surface area contributed by atoms with Crippen LogP contribution in [0.2, 0.25) is 0 Å². The average Bonchev–Trinajstić information content (AvgIpc) is 2.66. The first kappa shape index (κ1) is 20.3. The van der Waals surface area contributed by atoms with Crippen molar-refractivity contribution in [2.24, 2.45) is 0 Å². The number of rotatable bonds is 8. The third kappa shape index (κ3) is 4.77. The van der Waals surface area contributed by atoms with Crippen LogP contribution in [-0.4, -0.2) is 50.4 Å². The van der Waals surface area contributed by atoms with Gasteiger partial charge in [0.25, 0.3) is 0 Å². The molecule has 1 aliphatic heterocycles. The van der Waals surface area contributed by atoms with Crippen molar-refractivity contribution in [3.8, 4) is 11.8 Å². The van der Waals surface area contributed by atoms with Crippen molar-refractivity contribution in [1.29, 1.82) is 5.26 Å². The summed E-state index contributed by atoms with van der Waals surface area (Å²) in [6.45, 7) is 4.35. The summed E-state index contributed by atoms with van der Waals surface area (Å²) in [7, 11) is 1.52. The Morgan fingerprint density at radius 2 is 2.00 bits per heavy atom. The molecule has 0 saturated carbocycles. The molecular weight excluding hydrogens is 350 g/mol. The van der Waals surface area contributed by atoms with Gasteiger partial charge in [0.05, 0.1) is 18.2 Å². The smallest absolute Gasteiger partial charge is 0.338 e. The molecule has 0 spiro atoms. The van der Waals surface area contributed by atoms with Crippen molar-refractivity contribution >= 4 is 12.0 Å². The lowest BCUT2D eigenvalue weighted by molar-refractivity contribution is -0.140. The second-order valence-corrected chi connectivity index (χ2v) is 5.77. The van der Waals surface area contributed by atoms with E-state index >= 15 is 0 Å². The number of carbonyl (C=O) groups is 2. The van der Waals surface area contributed by atoms with Crippen LogP contribution in [0.25, 0.3) is 0 Å². The van der Waals surface area contributed by atoms with E-state index in [4.69, 9.17) is 19.5 Å². The predicted molar refractivity (Wildman–Crippen MR) is 96.7 cm³/mol. The number of esters is 1. The lowest BCUT2D eigenvalue weighted by Crippen LogP contribution is -2.47. The van der Waals surface area contributed by atoms with Gasteiger partial charge in [-0.05, 0) is 31.5 Å². The molecule has 1 aromatic carbocycles. The molecule has 1 heterocycles. The van der Waals surface area contributed by atoms with Crippen LogP contribution in [0.5, 0.6) is 5.75 Å². The number of hydrogen-bond donors (Lipinski definition) is 1. The number of ether oxygens (including phenoxy) is 3. The number of nitrogens with one attached hydrogen (secondary N) is 1. The van der Waals surface area contributed by atoms with E-state index in [1.807, 2.05) is 13.0 Å². The standard InChI is InChI=1S/C19H23N3O5/c1-4-22-13(2)16(18(23)27-12-11-25-3)17(21-19(22)24)14-5-7-15(8-6-14)26-10-9-20/h5-8,17H,4,10-12H2,1-3H3,(H,21,24)/t17-/m0/s1. The van der Waals surface area contributed by atoms with Crippen molar-refractivity contribution in [2.75, 3.05) is 33.5 Å². The van der Waals surface area contributed by atoms with Crippen LogP contribution in [0.3, 0.4) is 0 Å². The molecule has 2 amide bonds. The second-order valence-electron chi connectivity index (χ2n) is 5.77. The topological polar surface area (TPSA) is 101 Å². The maximum Gasteiger partial charge on any atom is 0.338 e. The van der Waals surface area contributed by atoms with Crippen LogP contribution in [-0.2, 0) is 14.3 Å². The summed E-state index contributed by atoms with van der Waals surface area (Å²) in [5.41, 5.74) is 1.64. The first-order chi connectivity index (χ1) is 13.0. The maximum absolute atomic E-state index is 12.7. The maximum atomic E-state index is 12.7. The highest BCUT2D eigenvalue weighted by molar-refractivity contribution is 5.95. The van der Waals surface area contributed by atoms with E-state index in [2.05, 4.69) is 5.32 Å². The summed E-state index contributed by atoms with van der Waals surface area (Å²) >= 11 is 0. The Hall–Kier alpha value is -3.05. The summed E-state index contributed by atoms with van der Waals surface area (Å²) in [4.78, 5) is 26.6. The van der Waals surface area contributed by atoms with Crippen molar-refractivity contribution in [3.63, 3.8) is 0 Å². The number of hydrogen-bond acceptors (Lipinski definition) is 6. The van der Waals surface area contributed by atoms with Gasteiger partial charge in [-0.15, -0.1) is 0 Å². The molecular formula is C19H23N3O5. The summed E-state index contributed by atoms with van der Waals surface area (Å²) in [5, 5.41) is 11.4. The highest BCUT2D eigenvalue weighted by Crippen LogP contribution is 2.32. The monoisotopic (exact) mass is 373 g/mol. The third-order valence-corrected chi connectivity index (χ3v) is 4.17. The van der Waals surface area contributed by atoms with E-state index < -0.39 is 12.0 Å². The highest BCUT2D eigenvalue weighted by Gasteiger charge is 2.35. The summed E-state index contributed by atoms with van der Waals surface area (Å²) < 4.78 is 15.4. The summed E-state index contributed by atoms with van der Waals surface area (Å²) in [6, 6.07) is 7.85. The van der Waals surface area contributed by atoms with Crippen LogP contribution in [0.4, 0.5) is 4.79 Å². The minimum atomic E-state index is -0.639. The van der Waals surface area contributed by atoms with Gasteiger partial charge in [-0.25, -0.2) is 9.59 Å². The summed E-state index contributed by atoms with van der Waals surface area (Å²) in [6.07, 6.45) is 0. The quantitative estimate of drug-likeness (QED) is 0.553. The van der Waals surface area contributed by atoms with E-state index in [0.29, 0.717) is 29.1 Å². The average molecular weight is 373 g/mol. The van der Waals surface area contributed by atoms with Gasteiger partial charge in [-0.3, -0.25) is 4.90 Å². The third-order valence-electron chi connectivity index (χ3n) is 4.17. The number of nitriles is 1. The molecule has 144 valence electrons. The molecule has 1 aliphatic rings. The fourth-order valence-electron chi connectivity index (χ4n) is 2.84. The number of benzene rings is 1. The van der Waals surface area contributed by atoms with Gasteiger partial charge in [0.15, 0.2) is 6.61 Å². The molecule has 0 aromatic heterocycles. The van der Waals surface area contributed by atoms with Crippen molar-refractivity contribution in [3.05, 3.63) is 41.1 Å². The summed E-state index contributed by atoms with van der Waals surface area (Å²) in [5.74, 6) is 0.0281. The Kier molecular flexibility index (Phi) is 7.20. The Balaban J connectivity index is 2.33. The van der Waals surface area contributed by atoms with Gasteiger partial charge in [0, 0.05) is 19.4 Å². The van der Waals surface area contributed by atoms with Gasteiger partial charge in [-0.2, -0.15) is 5.26 Å². The SMILES string of the molecule is CCN1C(=O)N[C@@H](c2ccc(OCC#N)cc2)C(C(=O)OCCOC)=C1C. The van der Waals surface area contributed by atoms with Gasteiger partial charge < -0.3 is 19.5 Å². The van der Waals surface area contributed by atoms with Gasteiger partial charge in [0.2, 0.25) is 0 Å². The molecule has 0 unspecified atom stereocenters. The molecule has 0 bridgehead atoms. The number of amides is 2. The number of carbonyl (C=O) groups excluding carboxylic acids is 2. The zero-order chi connectivity index (χ0) is 19.8. The zero-order valence-corrected chi connectivity index (χ0v) is 15.7. The molecule has 2 rings (SSSR count). The predicted octanol–water partition coefficient (Wildman–Crippen LogP) is 2.14. The Morgan fingerprint density at radius 3 is 2.59 bits per heavy atom. The lowest BCUT2D eigenvalue weighted by Gasteiger charge is -2.34. The van der Waals surface area contributed by atoms with E-state index in [0.717, 1.165) is 0 Å². The Labute approximate surface area is 158 Å². The Bertz CT molecular complexity index is 752. The van der Waals surface area contributed by atoms with Crippen LogP contribution in [0, 0.1) is 11.3 Å². The highest BCUT2D eigenvalue weighted by atomic mass is 16.6. The molecule has 0 saturated heterocycles. The van der Waals surface area contributed by atoms with Crippen molar-refractivity contribution in [2.45, 2.75) is 19.9 Å². The molecule has 27 heavy (non-hydrogen) atoms. The number of methoxy groups -OCH3 is 1. The van der Waals surface area contributed by atoms with Gasteiger partial charge in [0.1, 0.15) is 18.4 Å². The molecule has 0 aliphatic carbocycles. The van der Waals surface area contributed by atoms with E-state index in [9.17, 15) is 9.59 Å². The van der Waals surface area contributed by atoms with Crippen LogP contribution < -0.4 is 10.1 Å². The molecule has 0 fully saturated rings. The molecule has 1 aromatic rings. The first-order valence-electron chi connectivity index (χ1n) is 8.58. The van der Waals surface area contributed by atoms with Gasteiger partial charge in [-0.1, -0.05) is 12.1 Å². The normalized spacial score (nSPS) is 16.6. The number of nitrogens with zero attached hydrogens (tertiary/aromatic N) is 2.